The van der Waals surface area contributed by atoms with Gasteiger partial charge in [-0.25, -0.2) is 5.01 Å². The number of hydrazine groups is 1. The van der Waals surface area contributed by atoms with Crippen LogP contribution in [-0.4, -0.2) is 75.3 Å². The number of nitrogens with zero attached hydrogens (tertiary/aromatic N) is 2. The van der Waals surface area contributed by atoms with Crippen LogP contribution in [0.2, 0.25) is 0 Å². The Labute approximate surface area is 281 Å². The van der Waals surface area contributed by atoms with Crippen molar-refractivity contribution in [2.75, 3.05) is 53.5 Å². The molecule has 45 heavy (non-hydrogen) atoms. The summed E-state index contributed by atoms with van der Waals surface area (Å²) in [5.41, 5.74) is 3.64. The molecule has 0 bridgehead atoms. The molecule has 0 rings (SSSR count). The van der Waals surface area contributed by atoms with Gasteiger partial charge in [0.2, 0.25) is 0 Å². The molecule has 0 saturated carbocycles. The molecule has 0 saturated heterocycles. The van der Waals surface area contributed by atoms with E-state index >= 15 is 0 Å². The standard InChI is InChI=1S/C38H77N3O4.H2/c1-5-7-9-11-13-17-23-29-37(42)44-35-27-21-15-19-25-32-41(39-31-34-40(3)4)33-26-20-16-22-28-36-45-38(43)30-24-18-14-12-10-8-6-2;/h39H,5-36H2,1-4H3;1H. The molecule has 7 heteroatoms. The van der Waals surface area contributed by atoms with Gasteiger partial charge in [0.25, 0.3) is 0 Å². The van der Waals surface area contributed by atoms with E-state index in [1.807, 2.05) is 0 Å². The average Bonchev–Trinajstić information content (AvgIpc) is 3.02. The minimum atomic E-state index is -0.0134. The Balaban J connectivity index is 0. The van der Waals surface area contributed by atoms with Gasteiger partial charge in [0.05, 0.1) is 13.2 Å². The van der Waals surface area contributed by atoms with Crippen LogP contribution < -0.4 is 5.43 Å². The lowest BCUT2D eigenvalue weighted by atomic mass is 10.1. The molecule has 0 unspecified atom stereocenters. The number of esters is 2. The SMILES string of the molecule is CCCCCCCCCC(=O)OCCCCCCCN(CCCCCCCOC(=O)CCCCCCCCC)NCCN(C)C.[HH]. The second-order valence-corrected chi connectivity index (χ2v) is 13.4. The molecule has 0 aromatic carbocycles. The van der Waals surface area contributed by atoms with Gasteiger partial charge in [-0.2, -0.15) is 0 Å². The van der Waals surface area contributed by atoms with Crippen molar-refractivity contribution in [1.29, 1.82) is 0 Å². The van der Waals surface area contributed by atoms with Crippen LogP contribution in [0.15, 0.2) is 0 Å². The van der Waals surface area contributed by atoms with Crippen LogP contribution in [0.4, 0.5) is 0 Å². The van der Waals surface area contributed by atoms with Gasteiger partial charge in [0.1, 0.15) is 0 Å². The third kappa shape index (κ3) is 35.5. The molecule has 0 aromatic rings. The predicted octanol–water partition coefficient (Wildman–Crippen LogP) is 9.87. The molecule has 0 aliphatic heterocycles. The number of carbonyl (C=O) groups is 2. The number of unbranched alkanes of at least 4 members (excludes halogenated alkanes) is 20. The maximum atomic E-state index is 11.9. The highest BCUT2D eigenvalue weighted by atomic mass is 16.5. The summed E-state index contributed by atoms with van der Waals surface area (Å²) in [6.07, 6.45) is 29.8. The zero-order valence-electron chi connectivity index (χ0n) is 30.7. The molecular weight excluding hydrogens is 562 g/mol. The second kappa shape index (κ2) is 35.7. The zero-order chi connectivity index (χ0) is 33.1. The van der Waals surface area contributed by atoms with E-state index in [0.717, 1.165) is 77.5 Å². The number of likely N-dealkylation sites (N-methyl/N-ethyl adjacent to an activating group) is 1. The topological polar surface area (TPSA) is 71.1 Å². The smallest absolute Gasteiger partial charge is 0.305 e. The van der Waals surface area contributed by atoms with E-state index in [9.17, 15) is 9.59 Å². The number of hydrogen-bond donors (Lipinski definition) is 1. The van der Waals surface area contributed by atoms with Crippen molar-refractivity contribution in [2.45, 2.75) is 181 Å². The third-order valence-corrected chi connectivity index (χ3v) is 8.53. The van der Waals surface area contributed by atoms with Crippen LogP contribution in [-0.2, 0) is 19.1 Å². The largest absolute Gasteiger partial charge is 0.466 e. The van der Waals surface area contributed by atoms with Crippen molar-refractivity contribution in [3.05, 3.63) is 0 Å². The predicted molar refractivity (Wildman–Crippen MR) is 194 cm³/mol. The fourth-order valence-corrected chi connectivity index (χ4v) is 5.54. The Kier molecular flexibility index (Phi) is 34.7. The van der Waals surface area contributed by atoms with Crippen LogP contribution >= 0.6 is 0 Å². The summed E-state index contributed by atoms with van der Waals surface area (Å²) in [7, 11) is 4.23. The molecule has 7 nitrogen and oxygen atoms in total. The number of carbonyl (C=O) groups excluding carboxylic acids is 2. The van der Waals surface area contributed by atoms with Crippen molar-refractivity contribution >= 4 is 11.9 Å². The molecule has 0 amide bonds. The van der Waals surface area contributed by atoms with E-state index in [0.29, 0.717) is 26.1 Å². The molecule has 0 radical (unpaired) electrons. The Morgan fingerprint density at radius 3 is 1.24 bits per heavy atom. The monoisotopic (exact) mass is 642 g/mol. The van der Waals surface area contributed by atoms with Crippen LogP contribution in [0.3, 0.4) is 0 Å². The molecule has 270 valence electrons. The van der Waals surface area contributed by atoms with E-state index < -0.39 is 0 Å². The summed E-state index contributed by atoms with van der Waals surface area (Å²) in [6, 6.07) is 0. The molecule has 0 spiro atoms. The molecule has 0 heterocycles. The van der Waals surface area contributed by atoms with Gasteiger partial charge in [-0.1, -0.05) is 129 Å². The first-order valence-electron chi connectivity index (χ1n) is 19.4. The molecule has 0 aromatic heterocycles. The summed E-state index contributed by atoms with van der Waals surface area (Å²) < 4.78 is 10.9. The van der Waals surface area contributed by atoms with E-state index in [1.165, 1.54) is 103 Å². The first-order chi connectivity index (χ1) is 22.0. The lowest BCUT2D eigenvalue weighted by Crippen LogP contribution is -2.42. The van der Waals surface area contributed by atoms with Crippen LogP contribution in [0, 0.1) is 0 Å². The van der Waals surface area contributed by atoms with Gasteiger partial charge in [-0.15, -0.1) is 0 Å². The van der Waals surface area contributed by atoms with E-state index in [1.54, 1.807) is 0 Å². The van der Waals surface area contributed by atoms with Gasteiger partial charge in [-0.3, -0.25) is 15.0 Å². The maximum absolute atomic E-state index is 11.9. The van der Waals surface area contributed by atoms with E-state index in [2.05, 4.69) is 43.3 Å². The summed E-state index contributed by atoms with van der Waals surface area (Å²) in [4.78, 5) is 26.1. The van der Waals surface area contributed by atoms with Gasteiger partial charge in [-0.05, 0) is 52.6 Å². The molecule has 0 aliphatic carbocycles. The average molecular weight is 642 g/mol. The number of rotatable bonds is 36. The highest BCUT2D eigenvalue weighted by molar-refractivity contribution is 5.69. The van der Waals surface area contributed by atoms with Crippen LogP contribution in [0.5, 0.6) is 0 Å². The van der Waals surface area contributed by atoms with E-state index in [-0.39, 0.29) is 13.4 Å². The minimum Gasteiger partial charge on any atom is -0.466 e. The van der Waals surface area contributed by atoms with Crippen LogP contribution in [0.1, 0.15) is 182 Å². The van der Waals surface area contributed by atoms with Crippen molar-refractivity contribution in [1.82, 2.24) is 15.3 Å². The Morgan fingerprint density at radius 1 is 0.489 bits per heavy atom. The van der Waals surface area contributed by atoms with Crippen molar-refractivity contribution < 1.29 is 20.5 Å². The highest BCUT2D eigenvalue weighted by Crippen LogP contribution is 2.11. The highest BCUT2D eigenvalue weighted by Gasteiger charge is 2.06. The Morgan fingerprint density at radius 2 is 0.844 bits per heavy atom. The molecule has 0 fully saturated rings. The molecular formula is C38H79N3O4. The summed E-state index contributed by atoms with van der Waals surface area (Å²) in [5, 5.41) is 2.42. The van der Waals surface area contributed by atoms with Gasteiger partial charge >= 0.3 is 11.9 Å². The summed E-state index contributed by atoms with van der Waals surface area (Å²) >= 11 is 0. The summed E-state index contributed by atoms with van der Waals surface area (Å²) in [6.45, 7) is 9.80. The van der Waals surface area contributed by atoms with Gasteiger partial charge < -0.3 is 14.4 Å². The van der Waals surface area contributed by atoms with Gasteiger partial charge in [0.15, 0.2) is 0 Å². The fraction of sp³-hybridized carbons (Fsp3) is 0.947. The lowest BCUT2D eigenvalue weighted by Gasteiger charge is -2.24. The zero-order valence-corrected chi connectivity index (χ0v) is 30.7. The quantitative estimate of drug-likeness (QED) is 0.0415. The Hall–Kier alpha value is -1.18. The molecule has 0 atom stereocenters. The first-order valence-corrected chi connectivity index (χ1v) is 19.4. The normalized spacial score (nSPS) is 11.5. The minimum absolute atomic E-state index is 0. The van der Waals surface area contributed by atoms with Crippen molar-refractivity contribution in [3.63, 3.8) is 0 Å². The fourth-order valence-electron chi connectivity index (χ4n) is 5.54. The van der Waals surface area contributed by atoms with Crippen molar-refractivity contribution in [2.24, 2.45) is 0 Å². The number of ether oxygens (including phenoxy) is 2. The number of hydrogen-bond acceptors (Lipinski definition) is 7. The summed E-state index contributed by atoms with van der Waals surface area (Å²) in [5.74, 6) is -0.0268. The van der Waals surface area contributed by atoms with Crippen molar-refractivity contribution in [3.8, 4) is 0 Å². The third-order valence-electron chi connectivity index (χ3n) is 8.53. The molecule has 1 N–H and O–H groups in total. The Bertz CT molecular complexity index is 593. The molecule has 0 aliphatic rings. The lowest BCUT2D eigenvalue weighted by molar-refractivity contribution is -0.144. The number of nitrogens with one attached hydrogen (secondary N) is 1. The van der Waals surface area contributed by atoms with E-state index in [4.69, 9.17) is 9.47 Å². The first kappa shape index (κ1) is 43.8. The maximum Gasteiger partial charge on any atom is 0.305 e. The van der Waals surface area contributed by atoms with Gasteiger partial charge in [0, 0.05) is 40.4 Å². The second-order valence-electron chi connectivity index (χ2n) is 13.4. The van der Waals surface area contributed by atoms with Crippen LogP contribution in [0.25, 0.3) is 0 Å².